The monoisotopic (exact) mass is 708 g/mol. The zero-order valence-electron chi connectivity index (χ0n) is 28.2. The predicted octanol–water partition coefficient (Wildman–Crippen LogP) is -3.29. The zero-order valence-corrected chi connectivity index (χ0v) is 28.9. The number of nitrogens with two attached hydrogens (primary N) is 2. The second-order valence-electron chi connectivity index (χ2n) is 10.9. The SMILES string of the molecule is C1CCOC1.COC(=O)c1cc(N)ccc1N1CCN(S(C)(=O)=O)CC1.CS(=O)(=O)N1CCN(c2ccc(N)cc2CO)CC1.[AlH3].[H-].[Li+]. The zero-order chi connectivity index (χ0) is 33.2. The fourth-order valence-electron chi connectivity index (χ4n) is 5.18. The van der Waals surface area contributed by atoms with Gasteiger partial charge in [-0.1, -0.05) is 0 Å². The van der Waals surface area contributed by atoms with E-state index in [0.29, 0.717) is 75.0 Å². The molecule has 3 fully saturated rings. The number of aliphatic hydroxyl groups excluding tert-OH is 1. The van der Waals surface area contributed by atoms with Gasteiger partial charge in [0.05, 0.1) is 37.5 Å². The predicted molar refractivity (Wildman–Crippen MR) is 187 cm³/mol. The summed E-state index contributed by atoms with van der Waals surface area (Å²) in [6.45, 7) is 5.90. The largest absolute Gasteiger partial charge is 1.00 e. The van der Waals surface area contributed by atoms with Crippen LogP contribution in [-0.4, -0.2) is 139 Å². The van der Waals surface area contributed by atoms with Crippen molar-refractivity contribution in [3.05, 3.63) is 47.5 Å². The van der Waals surface area contributed by atoms with Crippen LogP contribution in [0.2, 0.25) is 0 Å². The van der Waals surface area contributed by atoms with Crippen LogP contribution in [0.1, 0.15) is 30.2 Å². The van der Waals surface area contributed by atoms with Crippen LogP contribution in [0.15, 0.2) is 36.4 Å². The van der Waals surface area contributed by atoms with Crippen molar-refractivity contribution < 1.29 is 56.5 Å². The van der Waals surface area contributed by atoms with Crippen molar-refractivity contribution in [3.63, 3.8) is 0 Å². The van der Waals surface area contributed by atoms with Crippen molar-refractivity contribution in [1.82, 2.24) is 8.61 Å². The summed E-state index contributed by atoms with van der Waals surface area (Å²) in [5, 5.41) is 9.37. The number of carbonyl (C=O) groups excluding carboxylic acids is 1. The first kappa shape index (κ1) is 43.0. The maximum atomic E-state index is 11.8. The van der Waals surface area contributed by atoms with Crippen LogP contribution in [0, 0.1) is 0 Å². The molecule has 47 heavy (non-hydrogen) atoms. The summed E-state index contributed by atoms with van der Waals surface area (Å²) in [6, 6.07) is 10.5. The summed E-state index contributed by atoms with van der Waals surface area (Å²) in [7, 11) is -4.97. The number of aliphatic hydroxyl groups is 1. The summed E-state index contributed by atoms with van der Waals surface area (Å²) < 4.78 is 58.5. The third kappa shape index (κ3) is 13.1. The number of sulfonamides is 2. The maximum absolute atomic E-state index is 11.8. The quantitative estimate of drug-likeness (QED) is 0.154. The van der Waals surface area contributed by atoms with Crippen molar-refractivity contribution in [1.29, 1.82) is 0 Å². The van der Waals surface area contributed by atoms with Gasteiger partial charge >= 0.3 is 24.8 Å². The molecule has 0 atom stereocenters. The minimum Gasteiger partial charge on any atom is -1.00 e. The Morgan fingerprint density at radius 1 is 0.809 bits per heavy atom. The average Bonchev–Trinajstić information content (AvgIpc) is 3.61. The third-order valence-electron chi connectivity index (χ3n) is 7.62. The van der Waals surface area contributed by atoms with Crippen molar-refractivity contribution in [3.8, 4) is 0 Å². The molecule has 5 N–H and O–H groups in total. The average molecular weight is 709 g/mol. The van der Waals surface area contributed by atoms with Crippen molar-refractivity contribution >= 4 is 66.1 Å². The molecule has 0 amide bonds. The summed E-state index contributed by atoms with van der Waals surface area (Å²) >= 11 is 0. The van der Waals surface area contributed by atoms with E-state index in [9.17, 15) is 26.7 Å². The minimum atomic E-state index is -3.17. The first-order chi connectivity index (χ1) is 21.2. The number of hydrogen-bond acceptors (Lipinski definition) is 12. The number of rotatable bonds is 6. The Hall–Kier alpha value is -2.02. The molecule has 260 valence electrons. The number of esters is 1. The van der Waals surface area contributed by atoms with Gasteiger partial charge in [-0.15, -0.1) is 0 Å². The molecule has 3 aliphatic rings. The summed E-state index contributed by atoms with van der Waals surface area (Å²) in [5.41, 5.74) is 15.3. The van der Waals surface area contributed by atoms with Gasteiger partial charge in [0.1, 0.15) is 0 Å². The molecule has 2 aromatic rings. The third-order valence-corrected chi connectivity index (χ3v) is 10.2. The molecule has 0 spiro atoms. The smallest absolute Gasteiger partial charge is 1.00 e. The Balaban J connectivity index is 0.000000762. The standard InChI is InChI=1S/C13H19N3O4S.C12H19N3O3S.C4H8O.Al.Li.4H/c1-20-13(17)11-9-10(14)3-4-12(11)15-5-7-16(8-6-15)21(2,18)19;1-19(17,18)15-6-4-14(5-7-15)12-3-2-11(13)8-10(12)9-16;1-2-4-5-3-1;;;;;;/h3-4,9H,5-8,14H2,1-2H3;2-3,8,16H,4-7,9,13H2,1H3;1-4H2;;;;;;/q;;;;+1;;;;-1. The number of ether oxygens (including phenoxy) is 2. The molecule has 3 heterocycles. The maximum Gasteiger partial charge on any atom is 1.00 e. The fourth-order valence-corrected chi connectivity index (χ4v) is 6.83. The van der Waals surface area contributed by atoms with E-state index in [1.807, 2.05) is 11.0 Å². The molecule has 18 heteroatoms. The Labute approximate surface area is 303 Å². The van der Waals surface area contributed by atoms with E-state index >= 15 is 0 Å². The molecule has 14 nitrogen and oxygen atoms in total. The summed E-state index contributed by atoms with van der Waals surface area (Å²) in [4.78, 5) is 15.9. The minimum absolute atomic E-state index is 0. The van der Waals surface area contributed by atoms with E-state index < -0.39 is 26.0 Å². The van der Waals surface area contributed by atoms with Crippen LogP contribution >= 0.6 is 0 Å². The Morgan fingerprint density at radius 3 is 1.62 bits per heavy atom. The van der Waals surface area contributed by atoms with Crippen LogP contribution in [0.25, 0.3) is 0 Å². The van der Waals surface area contributed by atoms with Gasteiger partial charge in [0, 0.05) is 88.2 Å². The molecule has 0 saturated carbocycles. The normalized spacial score (nSPS) is 17.2. The van der Waals surface area contributed by atoms with Crippen LogP contribution in [0.4, 0.5) is 22.7 Å². The fraction of sp³-hybridized carbons (Fsp3) is 0.552. The van der Waals surface area contributed by atoms with E-state index in [1.54, 1.807) is 30.3 Å². The topological polar surface area (TPSA) is 189 Å². The van der Waals surface area contributed by atoms with Gasteiger partial charge in [-0.2, -0.15) is 8.61 Å². The van der Waals surface area contributed by atoms with Crippen LogP contribution in [0.3, 0.4) is 0 Å². The Morgan fingerprint density at radius 2 is 1.23 bits per heavy atom. The summed E-state index contributed by atoms with van der Waals surface area (Å²) in [6.07, 6.45) is 4.98. The first-order valence-corrected chi connectivity index (χ1v) is 18.4. The van der Waals surface area contributed by atoms with Crippen LogP contribution < -0.4 is 40.1 Å². The van der Waals surface area contributed by atoms with E-state index in [1.165, 1.54) is 41.1 Å². The number of hydrogen-bond donors (Lipinski definition) is 3. The number of piperazine rings is 2. The number of nitrogens with zero attached hydrogens (tertiary/aromatic N) is 4. The second-order valence-corrected chi connectivity index (χ2v) is 14.9. The molecule has 0 bridgehead atoms. The number of methoxy groups -OCH3 is 1. The molecule has 5 rings (SSSR count). The first-order valence-electron chi connectivity index (χ1n) is 14.7. The van der Waals surface area contributed by atoms with E-state index in [-0.39, 0.29) is 44.3 Å². The number of benzene rings is 2. The Kier molecular flexibility index (Phi) is 18.2. The van der Waals surface area contributed by atoms with E-state index in [2.05, 4.69) is 4.90 Å². The number of nitrogen functional groups attached to an aromatic ring is 2. The molecular formula is C29H50AlLiN6O8S2. The van der Waals surface area contributed by atoms with Gasteiger partial charge in [-0.05, 0) is 49.2 Å². The van der Waals surface area contributed by atoms with Gasteiger partial charge in [0.15, 0.2) is 17.4 Å². The van der Waals surface area contributed by atoms with Gasteiger partial charge in [-0.3, -0.25) is 0 Å². The molecule has 3 saturated heterocycles. The molecule has 0 radical (unpaired) electrons. The van der Waals surface area contributed by atoms with Crippen LogP contribution in [0.5, 0.6) is 0 Å². The number of anilines is 4. The summed E-state index contributed by atoms with van der Waals surface area (Å²) in [5.74, 6) is -0.456. The van der Waals surface area contributed by atoms with Gasteiger partial charge in [-0.25, -0.2) is 21.6 Å². The van der Waals surface area contributed by atoms with E-state index in [0.717, 1.165) is 24.5 Å². The molecule has 3 aliphatic heterocycles. The van der Waals surface area contributed by atoms with Gasteiger partial charge in [0.25, 0.3) is 0 Å². The second kappa shape index (κ2) is 19.8. The molecule has 0 aliphatic carbocycles. The van der Waals surface area contributed by atoms with Gasteiger partial charge < -0.3 is 37.3 Å². The van der Waals surface area contributed by atoms with Crippen molar-refractivity contribution in [2.24, 2.45) is 0 Å². The van der Waals surface area contributed by atoms with Crippen LogP contribution in [-0.2, 0) is 36.1 Å². The molecule has 0 unspecified atom stereocenters. The van der Waals surface area contributed by atoms with E-state index in [4.69, 9.17) is 20.9 Å². The van der Waals surface area contributed by atoms with Crippen molar-refractivity contribution in [2.75, 3.05) is 106 Å². The molecule has 0 aromatic heterocycles. The molecule has 2 aromatic carbocycles. The van der Waals surface area contributed by atoms with Crippen molar-refractivity contribution in [2.45, 2.75) is 19.4 Å². The number of carbonyl (C=O) groups is 1. The van der Waals surface area contributed by atoms with Gasteiger partial charge in [0.2, 0.25) is 20.0 Å². The molecular weight excluding hydrogens is 658 g/mol. The Bertz CT molecular complexity index is 1500.